The molecule has 0 saturated carbocycles. The fourth-order valence-electron chi connectivity index (χ4n) is 10.9. The highest BCUT2D eigenvalue weighted by Gasteiger charge is 2.55. The number of aryl methyl sites for hydroxylation is 2. The van der Waals surface area contributed by atoms with Gasteiger partial charge in [0, 0.05) is 23.2 Å². The number of aromatic hydroxyl groups is 1. The van der Waals surface area contributed by atoms with Crippen LogP contribution in [0.4, 0.5) is 0 Å². The van der Waals surface area contributed by atoms with Crippen LogP contribution in [0.5, 0.6) is 17.2 Å². The molecule has 57 heavy (non-hydrogen) atoms. The first-order valence-corrected chi connectivity index (χ1v) is 24.1. The largest absolute Gasteiger partial charge is 0.508 e. The number of phenolic OH excluding ortho intramolecular Hbond substituents is 1. The van der Waals surface area contributed by atoms with Gasteiger partial charge in [-0.1, -0.05) is 58.2 Å². The fourth-order valence-corrected chi connectivity index (χ4v) is 13.3. The predicted molar refractivity (Wildman–Crippen MR) is 225 cm³/mol. The summed E-state index contributed by atoms with van der Waals surface area (Å²) in [5, 5.41) is 9.66. The van der Waals surface area contributed by atoms with Crippen molar-refractivity contribution >= 4 is 21.1 Å². The van der Waals surface area contributed by atoms with E-state index >= 15 is 0 Å². The van der Waals surface area contributed by atoms with Crippen molar-refractivity contribution in [1.82, 2.24) is 4.72 Å². The van der Waals surface area contributed by atoms with Gasteiger partial charge in [0.2, 0.25) is 10.0 Å². The molecule has 0 saturated heterocycles. The number of rotatable bonds is 5. The van der Waals surface area contributed by atoms with Gasteiger partial charge in [0.15, 0.2) is 16.7 Å². The van der Waals surface area contributed by atoms with Crippen molar-refractivity contribution in [1.29, 1.82) is 0 Å². The van der Waals surface area contributed by atoms with E-state index in [9.17, 15) is 17.7 Å². The molecule has 2 N–H and O–H groups in total. The van der Waals surface area contributed by atoms with Crippen LogP contribution in [0, 0.1) is 24.7 Å². The number of fused-ring (bicyclic) bond motifs is 11. The first-order valence-electron chi connectivity index (χ1n) is 21.5. The molecule has 9 rings (SSSR count). The van der Waals surface area contributed by atoms with E-state index in [1.54, 1.807) is 36.4 Å². The third-order valence-corrected chi connectivity index (χ3v) is 17.1. The summed E-state index contributed by atoms with van der Waals surface area (Å²) in [6, 6.07) is 16.5. The normalized spacial score (nSPS) is 26.8. The summed E-state index contributed by atoms with van der Waals surface area (Å²) in [6.45, 7) is 9.66. The SMILES string of the molecule is Cc1c2cc3c(c1CCCC(C)C(C)CCC2)Oc1c(cc2c4c1CCCC(CCCC2)C4C)C31OS(=O)c2cc(S(=O)(=O)NCCc3ccc(O)cc3)ccc21. The Morgan fingerprint density at radius 3 is 2.19 bits per heavy atom. The van der Waals surface area contributed by atoms with E-state index in [1.807, 2.05) is 6.07 Å². The zero-order chi connectivity index (χ0) is 39.6. The van der Waals surface area contributed by atoms with Crippen molar-refractivity contribution in [3.63, 3.8) is 0 Å². The predicted octanol–water partition coefficient (Wildman–Crippen LogP) is 10.4. The third kappa shape index (κ3) is 6.78. The summed E-state index contributed by atoms with van der Waals surface area (Å²) in [5.41, 5.74) is 10.1. The summed E-state index contributed by atoms with van der Waals surface area (Å²) in [5.74, 6) is 4.26. The van der Waals surface area contributed by atoms with Gasteiger partial charge in [-0.05, 0) is 177 Å². The summed E-state index contributed by atoms with van der Waals surface area (Å²) < 4.78 is 59.3. The van der Waals surface area contributed by atoms with Gasteiger partial charge in [0.25, 0.3) is 0 Å². The molecule has 4 aromatic carbocycles. The molecule has 6 atom stereocenters. The first kappa shape index (κ1) is 39.0. The van der Waals surface area contributed by atoms with Crippen LogP contribution < -0.4 is 9.46 Å². The maximum atomic E-state index is 14.6. The van der Waals surface area contributed by atoms with Gasteiger partial charge in [-0.3, -0.25) is 4.18 Å². The lowest BCUT2D eigenvalue weighted by Crippen LogP contribution is -2.34. The topological polar surface area (TPSA) is 102 Å². The summed E-state index contributed by atoms with van der Waals surface area (Å²) in [6.07, 6.45) is 14.6. The number of sulfonamides is 1. The summed E-state index contributed by atoms with van der Waals surface area (Å²) >= 11 is -1.95. The van der Waals surface area contributed by atoms with Crippen molar-refractivity contribution < 1.29 is 26.7 Å². The van der Waals surface area contributed by atoms with Crippen molar-refractivity contribution in [2.75, 3.05) is 6.54 Å². The second-order valence-corrected chi connectivity index (χ2v) is 20.7. The Labute approximate surface area is 341 Å². The second kappa shape index (κ2) is 15.3. The number of nitrogens with one attached hydrogen (secondary N) is 1. The molecule has 2 heterocycles. The summed E-state index contributed by atoms with van der Waals surface area (Å²) in [4.78, 5) is 0.454. The quantitative estimate of drug-likeness (QED) is 0.208. The summed E-state index contributed by atoms with van der Waals surface area (Å²) in [7, 11) is -3.94. The van der Waals surface area contributed by atoms with Gasteiger partial charge in [-0.25, -0.2) is 17.3 Å². The molecule has 6 unspecified atom stereocenters. The maximum absolute atomic E-state index is 14.6. The van der Waals surface area contributed by atoms with Gasteiger partial charge in [0.05, 0.1) is 9.79 Å². The first-order chi connectivity index (χ1) is 27.5. The number of hydrogen-bond donors (Lipinski definition) is 2. The number of ether oxygens (including phenoxy) is 1. The van der Waals surface area contributed by atoms with E-state index in [1.165, 1.54) is 59.1 Å². The molecule has 4 bridgehead atoms. The van der Waals surface area contributed by atoms with E-state index < -0.39 is 26.7 Å². The Bertz CT molecular complexity index is 2350. The van der Waals surface area contributed by atoms with Crippen molar-refractivity contribution in [3.05, 3.63) is 110 Å². The van der Waals surface area contributed by atoms with Crippen molar-refractivity contribution in [2.24, 2.45) is 17.8 Å². The van der Waals surface area contributed by atoms with Gasteiger partial charge >= 0.3 is 0 Å². The average molecular weight is 808 g/mol. The molecule has 0 amide bonds. The molecule has 1 spiro atoms. The Morgan fingerprint density at radius 1 is 0.772 bits per heavy atom. The molecule has 9 heteroatoms. The Hall–Kier alpha value is -3.50. The van der Waals surface area contributed by atoms with Crippen LogP contribution in [0.2, 0.25) is 0 Å². The van der Waals surface area contributed by atoms with Crippen molar-refractivity contribution in [2.45, 2.75) is 139 Å². The highest BCUT2D eigenvalue weighted by atomic mass is 32.2. The molecule has 7 nitrogen and oxygen atoms in total. The minimum Gasteiger partial charge on any atom is -0.508 e. The maximum Gasteiger partial charge on any atom is 0.240 e. The minimum atomic E-state index is -3.94. The molecule has 3 aliphatic carbocycles. The van der Waals surface area contributed by atoms with E-state index in [0.29, 0.717) is 35.0 Å². The lowest BCUT2D eigenvalue weighted by atomic mass is 9.71. The number of benzene rings is 4. The van der Waals surface area contributed by atoms with Crippen LogP contribution in [-0.2, 0) is 63.0 Å². The molecule has 5 aliphatic rings. The highest BCUT2D eigenvalue weighted by molar-refractivity contribution is 7.89. The molecular weight excluding hydrogens is 751 g/mol. The Balaban J connectivity index is 1.22. The Morgan fingerprint density at radius 2 is 1.42 bits per heavy atom. The van der Waals surface area contributed by atoms with E-state index in [0.717, 1.165) is 91.5 Å². The van der Waals surface area contributed by atoms with E-state index in [4.69, 9.17) is 8.92 Å². The van der Waals surface area contributed by atoms with Gasteiger partial charge in [-0.15, -0.1) is 0 Å². The van der Waals surface area contributed by atoms with Gasteiger partial charge in [0.1, 0.15) is 17.2 Å². The molecule has 0 aromatic heterocycles. The smallest absolute Gasteiger partial charge is 0.240 e. The lowest BCUT2D eigenvalue weighted by Gasteiger charge is -2.40. The zero-order valence-corrected chi connectivity index (χ0v) is 35.6. The average Bonchev–Trinajstić information content (AvgIpc) is 3.34. The molecular formula is C48H57NO6S2. The molecule has 302 valence electrons. The van der Waals surface area contributed by atoms with Crippen LogP contribution in [0.3, 0.4) is 0 Å². The van der Waals surface area contributed by atoms with Crippen LogP contribution in [-0.4, -0.2) is 24.3 Å². The number of phenols is 1. The van der Waals surface area contributed by atoms with E-state index in [-0.39, 0.29) is 17.2 Å². The molecule has 0 radical (unpaired) electrons. The van der Waals surface area contributed by atoms with Crippen LogP contribution in [0.25, 0.3) is 0 Å². The van der Waals surface area contributed by atoms with Gasteiger partial charge < -0.3 is 9.84 Å². The number of hydrogen-bond acceptors (Lipinski definition) is 6. The Kier molecular flexibility index (Phi) is 10.4. The lowest BCUT2D eigenvalue weighted by molar-refractivity contribution is 0.173. The van der Waals surface area contributed by atoms with Gasteiger partial charge in [-0.2, -0.15) is 0 Å². The second-order valence-electron chi connectivity index (χ2n) is 17.8. The minimum absolute atomic E-state index is 0.0602. The standard InChI is InChI=1S/C48H57NO6S2/c1-29-10-7-15-35-26-42-46(39(31(35)3)16-8-11-30(29)2)54-47-40-17-9-14-34-12-5-6-13-36(45(40)32(34)4)27-43(47)48(42)41-23-22-38(28-44(41)56(51)55-48)57(52,53)49-25-24-33-18-20-37(50)21-19-33/h18-23,26-30,32,34,49-50H,5-17,24-25H2,1-4H3. The van der Waals surface area contributed by atoms with Crippen LogP contribution in [0.15, 0.2) is 64.4 Å². The monoisotopic (exact) mass is 807 g/mol. The molecule has 0 fully saturated rings. The van der Waals surface area contributed by atoms with Crippen LogP contribution in [0.1, 0.15) is 140 Å². The third-order valence-electron chi connectivity index (χ3n) is 14.5. The fraction of sp³-hybridized carbons (Fsp3) is 0.500. The highest BCUT2D eigenvalue weighted by Crippen LogP contribution is 2.61. The zero-order valence-electron chi connectivity index (χ0n) is 33.9. The molecule has 2 aliphatic heterocycles. The van der Waals surface area contributed by atoms with E-state index in [2.05, 4.69) is 44.5 Å². The van der Waals surface area contributed by atoms with Crippen LogP contribution >= 0.6 is 0 Å². The van der Waals surface area contributed by atoms with Crippen molar-refractivity contribution in [3.8, 4) is 17.2 Å². The molecule has 4 aromatic rings.